The van der Waals surface area contributed by atoms with Crippen LogP contribution in [0.3, 0.4) is 0 Å². The minimum absolute atomic E-state index is 0.337. The van der Waals surface area contributed by atoms with E-state index in [9.17, 15) is 5.11 Å². The van der Waals surface area contributed by atoms with Gasteiger partial charge in [-0.15, -0.1) is 23.5 Å². The summed E-state index contributed by atoms with van der Waals surface area (Å²) in [5.41, 5.74) is 0.629. The molecule has 0 saturated carbocycles. The molecule has 0 spiro atoms. The van der Waals surface area contributed by atoms with E-state index in [-0.39, 0.29) is 0 Å². The first-order valence-electron chi connectivity index (χ1n) is 5.92. The highest BCUT2D eigenvalue weighted by Gasteiger charge is 2.38. The first-order valence-corrected chi connectivity index (χ1v) is 8.02. The van der Waals surface area contributed by atoms with Gasteiger partial charge in [0.2, 0.25) is 0 Å². The van der Waals surface area contributed by atoms with Crippen LogP contribution in [0.2, 0.25) is 0 Å². The summed E-state index contributed by atoms with van der Waals surface area (Å²) in [4.78, 5) is 0. The highest BCUT2D eigenvalue weighted by Crippen LogP contribution is 2.43. The number of allylic oxidation sites excluding steroid dienone is 2. The van der Waals surface area contributed by atoms with Crippen LogP contribution in [0.4, 0.5) is 0 Å². The summed E-state index contributed by atoms with van der Waals surface area (Å²) < 4.78 is 0.337. The van der Waals surface area contributed by atoms with Crippen molar-refractivity contribution in [3.8, 4) is 0 Å². The molecule has 2 atom stereocenters. The van der Waals surface area contributed by atoms with Gasteiger partial charge in [-0.2, -0.15) is 0 Å². The molecule has 0 amide bonds. The van der Waals surface area contributed by atoms with Gasteiger partial charge in [0.15, 0.2) is 0 Å². The Morgan fingerprint density at radius 1 is 1.44 bits per heavy atom. The van der Waals surface area contributed by atoms with Crippen LogP contribution in [-0.2, 0) is 0 Å². The summed E-state index contributed by atoms with van der Waals surface area (Å²) in [5.74, 6) is 2.86. The molecule has 0 bridgehead atoms. The zero-order valence-corrected chi connectivity index (χ0v) is 11.4. The number of thioether (sulfide) groups is 2. The molecule has 0 aromatic carbocycles. The van der Waals surface area contributed by atoms with E-state index in [0.29, 0.717) is 10.5 Å². The summed E-state index contributed by atoms with van der Waals surface area (Å²) in [6, 6.07) is 0. The highest BCUT2D eigenvalue weighted by molar-refractivity contribution is 8.17. The van der Waals surface area contributed by atoms with E-state index in [0.717, 1.165) is 12.8 Å². The van der Waals surface area contributed by atoms with Crippen LogP contribution >= 0.6 is 23.5 Å². The summed E-state index contributed by atoms with van der Waals surface area (Å²) in [6.45, 7) is 6.07. The van der Waals surface area contributed by atoms with Gasteiger partial charge >= 0.3 is 0 Å². The van der Waals surface area contributed by atoms with Gasteiger partial charge in [0.1, 0.15) is 5.60 Å². The Labute approximate surface area is 107 Å². The Morgan fingerprint density at radius 2 is 2.12 bits per heavy atom. The SMILES string of the molecule is C=C(C)[C@H]1C=CC(O)(C2SCCCS2)CC1. The molecule has 2 aliphatic rings. The molecule has 1 N–H and O–H groups in total. The number of hydrogen-bond donors (Lipinski definition) is 1. The summed E-state index contributed by atoms with van der Waals surface area (Å²) in [5, 5.41) is 10.6. The molecule has 1 saturated heterocycles. The van der Waals surface area contributed by atoms with Crippen molar-refractivity contribution in [2.24, 2.45) is 5.92 Å². The van der Waals surface area contributed by atoms with Gasteiger partial charge in [0.25, 0.3) is 0 Å². The average molecular weight is 256 g/mol. The molecule has 3 heteroatoms. The van der Waals surface area contributed by atoms with E-state index in [4.69, 9.17) is 0 Å². The lowest BCUT2D eigenvalue weighted by Crippen LogP contribution is -2.40. The van der Waals surface area contributed by atoms with E-state index in [1.807, 2.05) is 29.6 Å². The molecule has 90 valence electrons. The lowest BCUT2D eigenvalue weighted by atomic mass is 9.83. The van der Waals surface area contributed by atoms with Crippen molar-refractivity contribution in [2.75, 3.05) is 11.5 Å². The Kier molecular flexibility index (Phi) is 4.09. The van der Waals surface area contributed by atoms with Crippen LogP contribution in [0.15, 0.2) is 24.3 Å². The van der Waals surface area contributed by atoms with Crippen molar-refractivity contribution in [1.82, 2.24) is 0 Å². The quantitative estimate of drug-likeness (QED) is 0.764. The van der Waals surface area contributed by atoms with Gasteiger partial charge in [0, 0.05) is 0 Å². The zero-order valence-electron chi connectivity index (χ0n) is 9.82. The van der Waals surface area contributed by atoms with Crippen LogP contribution < -0.4 is 0 Å². The third-order valence-corrected chi connectivity index (χ3v) is 6.63. The first kappa shape index (κ1) is 12.6. The second kappa shape index (κ2) is 5.19. The summed E-state index contributed by atoms with van der Waals surface area (Å²) in [6.07, 6.45) is 7.39. The third-order valence-electron chi connectivity index (χ3n) is 3.34. The van der Waals surface area contributed by atoms with Gasteiger partial charge in [-0.25, -0.2) is 0 Å². The zero-order chi connectivity index (χ0) is 11.6. The van der Waals surface area contributed by atoms with Crippen molar-refractivity contribution in [2.45, 2.75) is 36.4 Å². The van der Waals surface area contributed by atoms with Crippen LogP contribution in [0, 0.1) is 5.92 Å². The molecule has 1 heterocycles. The topological polar surface area (TPSA) is 20.2 Å². The molecule has 1 nitrogen and oxygen atoms in total. The van der Waals surface area contributed by atoms with E-state index < -0.39 is 5.60 Å². The van der Waals surface area contributed by atoms with Gasteiger partial charge in [0.05, 0.1) is 4.58 Å². The van der Waals surface area contributed by atoms with Crippen LogP contribution in [-0.4, -0.2) is 26.8 Å². The van der Waals surface area contributed by atoms with E-state index in [1.165, 1.54) is 23.5 Å². The average Bonchev–Trinajstić information content (AvgIpc) is 2.31. The second-order valence-electron chi connectivity index (χ2n) is 4.77. The molecule has 0 radical (unpaired) electrons. The largest absolute Gasteiger partial charge is 0.384 e. The van der Waals surface area contributed by atoms with Gasteiger partial charge in [-0.3, -0.25) is 0 Å². The Hall–Kier alpha value is 0.140. The Balaban J connectivity index is 2.03. The van der Waals surface area contributed by atoms with Crippen molar-refractivity contribution in [1.29, 1.82) is 0 Å². The molecular formula is C13H20OS2. The van der Waals surface area contributed by atoms with Crippen molar-refractivity contribution in [3.63, 3.8) is 0 Å². The molecule has 1 aliphatic carbocycles. The van der Waals surface area contributed by atoms with Gasteiger partial charge < -0.3 is 5.11 Å². The monoisotopic (exact) mass is 256 g/mol. The van der Waals surface area contributed by atoms with E-state index in [2.05, 4.69) is 19.6 Å². The first-order chi connectivity index (χ1) is 7.62. The van der Waals surface area contributed by atoms with Gasteiger partial charge in [-0.05, 0) is 43.6 Å². The highest BCUT2D eigenvalue weighted by atomic mass is 32.2. The van der Waals surface area contributed by atoms with Crippen LogP contribution in [0.25, 0.3) is 0 Å². The molecule has 16 heavy (non-hydrogen) atoms. The second-order valence-corrected chi connectivity index (χ2v) is 7.49. The summed E-state index contributed by atoms with van der Waals surface area (Å²) in [7, 11) is 0. The molecule has 1 fully saturated rings. The van der Waals surface area contributed by atoms with E-state index in [1.54, 1.807) is 0 Å². The van der Waals surface area contributed by atoms with E-state index >= 15 is 0 Å². The fraction of sp³-hybridized carbons (Fsp3) is 0.692. The molecule has 2 rings (SSSR count). The normalized spacial score (nSPS) is 36.2. The lowest BCUT2D eigenvalue weighted by molar-refractivity contribution is 0.0874. The number of rotatable bonds is 2. The third kappa shape index (κ3) is 2.69. The molecule has 1 aliphatic heterocycles. The molecule has 0 aromatic heterocycles. The Morgan fingerprint density at radius 3 is 2.62 bits per heavy atom. The lowest BCUT2D eigenvalue weighted by Gasteiger charge is -2.38. The minimum Gasteiger partial charge on any atom is -0.384 e. The van der Waals surface area contributed by atoms with Crippen molar-refractivity contribution < 1.29 is 5.11 Å². The summed E-state index contributed by atoms with van der Waals surface area (Å²) >= 11 is 3.83. The number of hydrogen-bond acceptors (Lipinski definition) is 3. The fourth-order valence-corrected chi connectivity index (χ4v) is 5.40. The fourth-order valence-electron chi connectivity index (χ4n) is 2.23. The smallest absolute Gasteiger partial charge is 0.104 e. The van der Waals surface area contributed by atoms with Crippen LogP contribution in [0.1, 0.15) is 26.2 Å². The molecule has 1 unspecified atom stereocenters. The maximum Gasteiger partial charge on any atom is 0.104 e. The Bertz CT molecular complexity index is 294. The van der Waals surface area contributed by atoms with Crippen LogP contribution in [0.5, 0.6) is 0 Å². The number of aliphatic hydroxyl groups is 1. The molecule has 0 aromatic rings. The van der Waals surface area contributed by atoms with Crippen molar-refractivity contribution in [3.05, 3.63) is 24.3 Å². The standard InChI is InChI=1S/C13H20OS2/c1-10(2)11-4-6-13(14,7-5-11)12-15-8-3-9-16-12/h4,6,11-12,14H,1,3,5,7-9H2,2H3/t11-,13?/m0/s1. The predicted molar refractivity (Wildman–Crippen MR) is 74.9 cm³/mol. The molecular weight excluding hydrogens is 236 g/mol. The minimum atomic E-state index is -0.582. The van der Waals surface area contributed by atoms with Crippen molar-refractivity contribution >= 4 is 23.5 Å². The predicted octanol–water partition coefficient (Wildman–Crippen LogP) is 3.46. The maximum atomic E-state index is 10.6. The van der Waals surface area contributed by atoms with Gasteiger partial charge in [-0.1, -0.05) is 24.3 Å². The maximum absolute atomic E-state index is 10.6.